The lowest BCUT2D eigenvalue weighted by Crippen LogP contribution is -2.25. The highest BCUT2D eigenvalue weighted by atomic mass is 35.5. The average molecular weight is 611 g/mol. The molecule has 0 aliphatic heterocycles. The molecule has 1 aromatic heterocycles. The minimum atomic E-state index is -0.287. The summed E-state index contributed by atoms with van der Waals surface area (Å²) in [6.07, 6.45) is 2.27. The number of nitrogens with zero attached hydrogens (tertiary/aromatic N) is 3. The number of hydrogen-bond acceptors (Lipinski definition) is 5. The van der Waals surface area contributed by atoms with Gasteiger partial charge in [-0.2, -0.15) is 0 Å². The summed E-state index contributed by atoms with van der Waals surface area (Å²) in [7, 11) is 0. The van der Waals surface area contributed by atoms with Gasteiger partial charge in [-0.15, -0.1) is 10.2 Å². The van der Waals surface area contributed by atoms with Gasteiger partial charge in [0.1, 0.15) is 11.6 Å². The van der Waals surface area contributed by atoms with E-state index in [2.05, 4.69) is 59.2 Å². The molecule has 6 nitrogen and oxygen atoms in total. The largest absolute Gasteiger partial charge is 0.507 e. The standard InChI is InChI=1S/C35H35ClN4O2S/c1-24-18-25(2)20-27(19-24)23-43-35-39-38-33(40(35)30-14-8-13-29(36)22-30)28(21-26-10-4-3-5-11-26)12-9-17-37-34(42)31-15-6-7-16-32(31)41/h3-8,10-11,13-16,18-20,22,28,41H,9,12,17,21,23H2,1-2H3,(H,37,42). The number of nitrogens with one attached hydrogen (secondary N) is 1. The summed E-state index contributed by atoms with van der Waals surface area (Å²) in [5.41, 5.74) is 6.12. The van der Waals surface area contributed by atoms with Crippen molar-refractivity contribution in [2.24, 2.45) is 0 Å². The topological polar surface area (TPSA) is 80.0 Å². The number of amides is 1. The van der Waals surface area contributed by atoms with Crippen molar-refractivity contribution < 1.29 is 9.90 Å². The third-order valence-electron chi connectivity index (χ3n) is 7.23. The fraction of sp³-hybridized carbons (Fsp3) is 0.229. The number of para-hydroxylation sites is 1. The molecule has 2 N–H and O–H groups in total. The van der Waals surface area contributed by atoms with Crippen LogP contribution in [0.15, 0.2) is 102 Å². The number of hydrogen-bond donors (Lipinski definition) is 2. The quantitative estimate of drug-likeness (QED) is 0.110. The maximum atomic E-state index is 12.7. The predicted molar refractivity (Wildman–Crippen MR) is 174 cm³/mol. The normalized spacial score (nSPS) is 11.8. The van der Waals surface area contributed by atoms with Crippen molar-refractivity contribution in [3.63, 3.8) is 0 Å². The van der Waals surface area contributed by atoms with Gasteiger partial charge in [-0.05, 0) is 74.6 Å². The van der Waals surface area contributed by atoms with Crippen molar-refractivity contribution >= 4 is 29.3 Å². The molecule has 0 aliphatic rings. The van der Waals surface area contributed by atoms with E-state index in [1.54, 1.807) is 30.0 Å². The number of carbonyl (C=O) groups excluding carboxylic acids is 1. The first kappa shape index (κ1) is 30.4. The first-order chi connectivity index (χ1) is 20.9. The zero-order valence-corrected chi connectivity index (χ0v) is 25.9. The van der Waals surface area contributed by atoms with Crippen LogP contribution in [0.5, 0.6) is 5.75 Å². The maximum absolute atomic E-state index is 12.7. The van der Waals surface area contributed by atoms with Crippen LogP contribution < -0.4 is 5.32 Å². The number of phenolic OH excluding ortho intramolecular Hbond substituents is 1. The van der Waals surface area contributed by atoms with Gasteiger partial charge < -0.3 is 10.4 Å². The monoisotopic (exact) mass is 610 g/mol. The first-order valence-corrected chi connectivity index (χ1v) is 15.7. The van der Waals surface area contributed by atoms with E-state index in [4.69, 9.17) is 16.7 Å². The number of aryl methyl sites for hydroxylation is 2. The van der Waals surface area contributed by atoms with Gasteiger partial charge in [-0.3, -0.25) is 9.36 Å². The Hall–Kier alpha value is -4.07. The number of carbonyl (C=O) groups is 1. The zero-order valence-electron chi connectivity index (χ0n) is 24.3. The van der Waals surface area contributed by atoms with E-state index in [1.807, 2.05) is 42.5 Å². The van der Waals surface area contributed by atoms with Crippen LogP contribution in [0, 0.1) is 13.8 Å². The lowest BCUT2D eigenvalue weighted by molar-refractivity contribution is 0.0950. The molecule has 5 rings (SSSR count). The van der Waals surface area contributed by atoms with E-state index in [0.717, 1.165) is 41.7 Å². The number of thioether (sulfide) groups is 1. The second kappa shape index (κ2) is 14.4. The highest BCUT2D eigenvalue weighted by Crippen LogP contribution is 2.33. The van der Waals surface area contributed by atoms with Crippen LogP contribution in [-0.4, -0.2) is 32.3 Å². The van der Waals surface area contributed by atoms with Crippen LogP contribution in [0.4, 0.5) is 0 Å². The molecule has 0 bridgehead atoms. The van der Waals surface area contributed by atoms with E-state index < -0.39 is 0 Å². The number of rotatable bonds is 12. The van der Waals surface area contributed by atoms with Crippen LogP contribution in [0.1, 0.15) is 57.2 Å². The fourth-order valence-corrected chi connectivity index (χ4v) is 6.40. The molecule has 0 radical (unpaired) electrons. The highest BCUT2D eigenvalue weighted by Gasteiger charge is 2.24. The van der Waals surface area contributed by atoms with Crippen LogP contribution in [0.25, 0.3) is 5.69 Å². The molecule has 0 fully saturated rings. The summed E-state index contributed by atoms with van der Waals surface area (Å²) < 4.78 is 2.13. The van der Waals surface area contributed by atoms with E-state index in [0.29, 0.717) is 11.6 Å². The van der Waals surface area contributed by atoms with Crippen molar-refractivity contribution in [2.45, 2.75) is 49.9 Å². The first-order valence-electron chi connectivity index (χ1n) is 14.4. The molecule has 5 aromatic rings. The maximum Gasteiger partial charge on any atom is 0.255 e. The van der Waals surface area contributed by atoms with Crippen LogP contribution in [0.3, 0.4) is 0 Å². The summed E-state index contributed by atoms with van der Waals surface area (Å²) in [6, 6.07) is 31.3. The Morgan fingerprint density at radius 3 is 2.40 bits per heavy atom. The zero-order chi connectivity index (χ0) is 30.2. The second-order valence-electron chi connectivity index (χ2n) is 10.7. The number of aromatic hydroxyl groups is 1. The SMILES string of the molecule is Cc1cc(C)cc(CSc2nnc(C(CCCNC(=O)c3ccccc3O)Cc3ccccc3)n2-c2cccc(Cl)c2)c1. The Bertz CT molecular complexity index is 1670. The van der Waals surface area contributed by atoms with Gasteiger partial charge >= 0.3 is 0 Å². The number of benzene rings is 4. The molecule has 1 atom stereocenters. The Kier molecular flexibility index (Phi) is 10.2. The molecule has 4 aromatic carbocycles. The molecular weight excluding hydrogens is 576 g/mol. The minimum absolute atomic E-state index is 0.0255. The summed E-state index contributed by atoms with van der Waals surface area (Å²) >= 11 is 8.12. The Balaban J connectivity index is 1.41. The summed E-state index contributed by atoms with van der Waals surface area (Å²) in [5.74, 6) is 1.35. The molecule has 8 heteroatoms. The Labute approximate surface area is 262 Å². The van der Waals surface area contributed by atoms with Crippen molar-refractivity contribution in [3.8, 4) is 11.4 Å². The van der Waals surface area contributed by atoms with Crippen LogP contribution in [-0.2, 0) is 12.2 Å². The van der Waals surface area contributed by atoms with Crippen LogP contribution >= 0.6 is 23.4 Å². The predicted octanol–water partition coefficient (Wildman–Crippen LogP) is 8.07. The molecule has 1 heterocycles. The number of phenols is 1. The van der Waals surface area contributed by atoms with Gasteiger partial charge in [0.25, 0.3) is 5.91 Å². The highest BCUT2D eigenvalue weighted by molar-refractivity contribution is 7.98. The summed E-state index contributed by atoms with van der Waals surface area (Å²) in [6.45, 7) is 4.71. The van der Waals surface area contributed by atoms with E-state index in [1.165, 1.54) is 28.3 Å². The number of aromatic nitrogens is 3. The molecule has 0 spiro atoms. The molecule has 43 heavy (non-hydrogen) atoms. The van der Waals surface area contributed by atoms with E-state index >= 15 is 0 Å². The van der Waals surface area contributed by atoms with Gasteiger partial charge in [-0.1, -0.05) is 101 Å². The van der Waals surface area contributed by atoms with Gasteiger partial charge in [-0.25, -0.2) is 0 Å². The van der Waals surface area contributed by atoms with Gasteiger partial charge in [0.05, 0.1) is 11.3 Å². The van der Waals surface area contributed by atoms with Gasteiger partial charge in [0.2, 0.25) is 0 Å². The lowest BCUT2D eigenvalue weighted by atomic mass is 9.93. The second-order valence-corrected chi connectivity index (χ2v) is 12.1. The Morgan fingerprint density at radius 2 is 1.65 bits per heavy atom. The summed E-state index contributed by atoms with van der Waals surface area (Å²) in [5, 5.41) is 23.9. The fourth-order valence-electron chi connectivity index (χ4n) is 5.33. The smallest absolute Gasteiger partial charge is 0.255 e. The van der Waals surface area contributed by atoms with Crippen LogP contribution in [0.2, 0.25) is 5.02 Å². The molecule has 1 unspecified atom stereocenters. The van der Waals surface area contributed by atoms with E-state index in [-0.39, 0.29) is 23.1 Å². The van der Waals surface area contributed by atoms with Crippen molar-refractivity contribution in [1.29, 1.82) is 0 Å². The molecular formula is C35H35ClN4O2S. The summed E-state index contributed by atoms with van der Waals surface area (Å²) in [4.78, 5) is 12.7. The average Bonchev–Trinajstić information content (AvgIpc) is 3.42. The van der Waals surface area contributed by atoms with Crippen molar-refractivity contribution in [1.82, 2.24) is 20.1 Å². The molecule has 0 saturated heterocycles. The van der Waals surface area contributed by atoms with E-state index in [9.17, 15) is 9.90 Å². The third kappa shape index (κ3) is 8.06. The molecule has 220 valence electrons. The van der Waals surface area contributed by atoms with Gasteiger partial charge in [0.15, 0.2) is 5.16 Å². The third-order valence-corrected chi connectivity index (χ3v) is 8.46. The molecule has 0 saturated carbocycles. The van der Waals surface area contributed by atoms with Crippen molar-refractivity contribution in [3.05, 3.63) is 136 Å². The molecule has 1 amide bonds. The van der Waals surface area contributed by atoms with Gasteiger partial charge in [0, 0.05) is 23.2 Å². The number of halogens is 1. The Morgan fingerprint density at radius 1 is 0.907 bits per heavy atom. The van der Waals surface area contributed by atoms with Crippen molar-refractivity contribution in [2.75, 3.05) is 6.54 Å². The minimum Gasteiger partial charge on any atom is -0.507 e. The molecule has 0 aliphatic carbocycles. The lowest BCUT2D eigenvalue weighted by Gasteiger charge is -2.19.